The van der Waals surface area contributed by atoms with E-state index in [2.05, 4.69) is 9.47 Å². The molecular weight excluding hydrogens is 299 g/mol. The molecule has 1 atom stereocenters. The van der Waals surface area contributed by atoms with E-state index in [0.29, 0.717) is 0 Å². The van der Waals surface area contributed by atoms with Gasteiger partial charge in [0.2, 0.25) is 6.10 Å². The van der Waals surface area contributed by atoms with Crippen molar-refractivity contribution in [2.45, 2.75) is 18.7 Å². The molecule has 0 radical (unpaired) electrons. The molecule has 0 heterocycles. The summed E-state index contributed by atoms with van der Waals surface area (Å²) in [6.45, 7) is 0. The highest BCUT2D eigenvalue weighted by molar-refractivity contribution is 5.67. The molecule has 0 aromatic heterocycles. The number of hydrogen-bond acceptors (Lipinski definition) is 5. The molecule has 0 aliphatic carbocycles. The van der Waals surface area contributed by atoms with Crippen LogP contribution in [0.5, 0.6) is 11.5 Å². The molecule has 0 saturated heterocycles. The Kier molecular flexibility index (Phi) is 4.95. The molecule has 1 N–H and O–H groups in total. The third-order valence-electron chi connectivity index (χ3n) is 2.35. The van der Waals surface area contributed by atoms with E-state index >= 15 is 0 Å². The van der Waals surface area contributed by atoms with Crippen molar-refractivity contribution in [1.82, 2.24) is 0 Å². The number of nitrogens with zero attached hydrogens (tertiary/aromatic N) is 1. The first-order valence-electron chi connectivity index (χ1n) is 5.42. The number of carboxylic acid groups (broad SMARTS) is 1. The van der Waals surface area contributed by atoms with E-state index in [1.54, 1.807) is 0 Å². The molecule has 0 saturated carbocycles. The van der Waals surface area contributed by atoms with Crippen LogP contribution in [-0.4, -0.2) is 35.4 Å². The zero-order valence-electron chi connectivity index (χ0n) is 10.6. The van der Waals surface area contributed by atoms with Crippen LogP contribution < -0.4 is 9.47 Å². The van der Waals surface area contributed by atoms with Gasteiger partial charge in [-0.05, 0) is 12.1 Å². The molecule has 10 heteroatoms. The Hall–Kier alpha value is -2.52. The molecule has 1 aromatic carbocycles. The molecule has 0 amide bonds. The van der Waals surface area contributed by atoms with E-state index in [4.69, 9.17) is 5.11 Å². The van der Waals surface area contributed by atoms with Crippen LogP contribution >= 0.6 is 0 Å². The third kappa shape index (κ3) is 4.51. The van der Waals surface area contributed by atoms with Gasteiger partial charge in [-0.1, -0.05) is 0 Å². The minimum Gasteiger partial charge on any atom is -0.490 e. The summed E-state index contributed by atoms with van der Waals surface area (Å²) >= 11 is 0. The number of alkyl halides is 3. The Balaban J connectivity index is 3.07. The smallest absolute Gasteiger partial charge is 0.425 e. The highest BCUT2D eigenvalue weighted by Gasteiger charge is 2.43. The van der Waals surface area contributed by atoms with Crippen LogP contribution in [0.4, 0.5) is 18.9 Å². The average molecular weight is 309 g/mol. The van der Waals surface area contributed by atoms with Crippen LogP contribution in [-0.2, 0) is 4.79 Å². The van der Waals surface area contributed by atoms with Gasteiger partial charge in [0.25, 0.3) is 0 Å². The predicted molar refractivity (Wildman–Crippen MR) is 62.4 cm³/mol. The van der Waals surface area contributed by atoms with Crippen molar-refractivity contribution >= 4 is 11.7 Å². The number of carboxylic acids is 1. The second-order valence-corrected chi connectivity index (χ2v) is 3.84. The minimum absolute atomic E-state index is 0.158. The minimum atomic E-state index is -4.92. The fraction of sp³-hybridized carbons (Fsp3) is 0.364. The number of carbonyl (C=O) groups is 1. The topological polar surface area (TPSA) is 98.9 Å². The number of benzene rings is 1. The maximum absolute atomic E-state index is 12.6. The summed E-state index contributed by atoms with van der Waals surface area (Å²) < 4.78 is 47.1. The van der Waals surface area contributed by atoms with Crippen molar-refractivity contribution < 1.29 is 37.5 Å². The molecule has 0 aliphatic heterocycles. The molecule has 1 unspecified atom stereocenters. The highest BCUT2D eigenvalue weighted by Crippen LogP contribution is 2.33. The number of hydrogen-bond donors (Lipinski definition) is 1. The molecule has 116 valence electrons. The molecule has 7 nitrogen and oxygen atoms in total. The lowest BCUT2D eigenvalue weighted by Crippen LogP contribution is -2.36. The van der Waals surface area contributed by atoms with Gasteiger partial charge in [0, 0.05) is 0 Å². The summed E-state index contributed by atoms with van der Waals surface area (Å²) in [6.07, 6.45) is -8.85. The maximum atomic E-state index is 12.6. The molecule has 1 rings (SSSR count). The fourth-order valence-electron chi connectivity index (χ4n) is 1.43. The van der Waals surface area contributed by atoms with E-state index in [1.165, 1.54) is 0 Å². The van der Waals surface area contributed by atoms with E-state index in [9.17, 15) is 28.1 Å². The van der Waals surface area contributed by atoms with E-state index < -0.39 is 41.0 Å². The largest absolute Gasteiger partial charge is 0.490 e. The summed E-state index contributed by atoms with van der Waals surface area (Å²) in [6, 6.07) is 2.81. The van der Waals surface area contributed by atoms with E-state index in [0.717, 1.165) is 25.3 Å². The Morgan fingerprint density at radius 3 is 2.52 bits per heavy atom. The number of rotatable bonds is 6. The summed E-state index contributed by atoms with van der Waals surface area (Å²) in [7, 11) is 1.16. The molecule has 0 aliphatic rings. The van der Waals surface area contributed by atoms with Gasteiger partial charge < -0.3 is 14.6 Å². The second kappa shape index (κ2) is 6.29. The lowest BCUT2D eigenvalue weighted by molar-refractivity contribution is -0.385. The molecular formula is C11H10F3NO6. The molecule has 0 fully saturated rings. The third-order valence-corrected chi connectivity index (χ3v) is 2.35. The van der Waals surface area contributed by atoms with Gasteiger partial charge in [0.15, 0.2) is 5.75 Å². The van der Waals surface area contributed by atoms with Crippen molar-refractivity contribution in [1.29, 1.82) is 0 Å². The van der Waals surface area contributed by atoms with Crippen LogP contribution in [0.2, 0.25) is 0 Å². The lowest BCUT2D eigenvalue weighted by Gasteiger charge is -2.20. The van der Waals surface area contributed by atoms with Crippen LogP contribution in [0.1, 0.15) is 6.42 Å². The second-order valence-electron chi connectivity index (χ2n) is 3.84. The number of methoxy groups -OCH3 is 1. The van der Waals surface area contributed by atoms with E-state index in [1.807, 2.05) is 0 Å². The first-order valence-corrected chi connectivity index (χ1v) is 5.42. The van der Waals surface area contributed by atoms with Gasteiger partial charge in [-0.15, -0.1) is 0 Å². The summed E-state index contributed by atoms with van der Waals surface area (Å²) in [4.78, 5) is 20.3. The number of nitro groups is 1. The van der Waals surface area contributed by atoms with Crippen LogP contribution in [0.3, 0.4) is 0 Å². The van der Waals surface area contributed by atoms with Crippen molar-refractivity contribution in [2.75, 3.05) is 7.11 Å². The highest BCUT2D eigenvalue weighted by atomic mass is 19.4. The summed E-state index contributed by atoms with van der Waals surface area (Å²) in [5.41, 5.74) is -0.591. The SMILES string of the molecule is COc1ccc(OC(CC(=O)O)C(F)(F)F)cc1[N+](=O)[O-]. The fourth-order valence-corrected chi connectivity index (χ4v) is 1.43. The first-order chi connectivity index (χ1) is 9.65. The van der Waals surface area contributed by atoms with Gasteiger partial charge in [0.1, 0.15) is 5.75 Å². The number of halogens is 3. The molecule has 0 bridgehead atoms. The zero-order valence-corrected chi connectivity index (χ0v) is 10.6. The van der Waals surface area contributed by atoms with Crippen LogP contribution in [0, 0.1) is 10.1 Å². The van der Waals surface area contributed by atoms with E-state index in [-0.39, 0.29) is 5.75 Å². The Morgan fingerprint density at radius 2 is 2.10 bits per heavy atom. The first kappa shape index (κ1) is 16.5. The average Bonchev–Trinajstić information content (AvgIpc) is 2.36. The predicted octanol–water partition coefficient (Wildman–Crippen LogP) is 2.39. The van der Waals surface area contributed by atoms with Crippen LogP contribution in [0.25, 0.3) is 0 Å². The molecule has 21 heavy (non-hydrogen) atoms. The van der Waals surface area contributed by atoms with Gasteiger partial charge in [-0.3, -0.25) is 14.9 Å². The molecule has 0 spiro atoms. The lowest BCUT2D eigenvalue weighted by atomic mass is 10.2. The number of ether oxygens (including phenoxy) is 2. The van der Waals surface area contributed by atoms with Crippen molar-refractivity contribution in [2.24, 2.45) is 0 Å². The normalized spacial score (nSPS) is 12.6. The monoisotopic (exact) mass is 309 g/mol. The molecule has 1 aromatic rings. The Morgan fingerprint density at radius 1 is 1.48 bits per heavy atom. The van der Waals surface area contributed by atoms with Gasteiger partial charge >= 0.3 is 17.8 Å². The standard InChI is InChI=1S/C11H10F3NO6/c1-20-8-3-2-6(4-7(8)15(18)19)21-9(5-10(16)17)11(12,13)14/h2-4,9H,5H2,1H3,(H,16,17). The van der Waals surface area contributed by atoms with Crippen molar-refractivity contribution in [3.8, 4) is 11.5 Å². The van der Waals surface area contributed by atoms with Crippen molar-refractivity contribution in [3.05, 3.63) is 28.3 Å². The van der Waals surface area contributed by atoms with Crippen molar-refractivity contribution in [3.63, 3.8) is 0 Å². The number of aliphatic carboxylic acids is 1. The van der Waals surface area contributed by atoms with Gasteiger partial charge in [0.05, 0.1) is 24.5 Å². The quantitative estimate of drug-likeness (QED) is 0.640. The number of nitro benzene ring substituents is 1. The van der Waals surface area contributed by atoms with Crippen LogP contribution in [0.15, 0.2) is 18.2 Å². The van der Waals surface area contributed by atoms with Gasteiger partial charge in [-0.25, -0.2) is 0 Å². The Bertz CT molecular complexity index is 545. The summed E-state index contributed by atoms with van der Waals surface area (Å²) in [5, 5.41) is 19.2. The summed E-state index contributed by atoms with van der Waals surface area (Å²) in [5.74, 6) is -2.35. The zero-order chi connectivity index (χ0) is 16.2. The maximum Gasteiger partial charge on any atom is 0.425 e. The van der Waals surface area contributed by atoms with Gasteiger partial charge in [-0.2, -0.15) is 13.2 Å². The Labute approximate surface area is 116 Å².